The maximum atomic E-state index is 2.34. The highest BCUT2D eigenvalue weighted by Gasteiger charge is 2.12. The van der Waals surface area contributed by atoms with Crippen molar-refractivity contribution in [3.05, 3.63) is 35.9 Å². The van der Waals surface area contributed by atoms with E-state index in [-0.39, 0.29) is 7.43 Å². The van der Waals surface area contributed by atoms with Crippen LogP contribution >= 0.6 is 0 Å². The minimum absolute atomic E-state index is 0. The summed E-state index contributed by atoms with van der Waals surface area (Å²) in [6.45, 7) is 10.8. The molecule has 0 radical (unpaired) electrons. The summed E-state index contributed by atoms with van der Waals surface area (Å²) in [5.41, 5.74) is 1.41. The number of rotatable bonds is 4. The first-order valence-electron chi connectivity index (χ1n) is 9.26. The topological polar surface area (TPSA) is 0 Å². The van der Waals surface area contributed by atoms with Crippen LogP contribution in [0.5, 0.6) is 0 Å². The van der Waals surface area contributed by atoms with E-state index in [2.05, 4.69) is 45.0 Å². The molecule has 0 aromatic heterocycles. The Bertz CT molecular complexity index is 293. The molecule has 0 spiro atoms. The standard InChI is InChI=1S/C11H22.C8H10.C2H6.CH4/c1-10(2)8-9-11-6-4-3-5-7-11;1-2-8-6-4-3-5-7-8;1-2;/h10-11H,3-9H2,1-2H3;3-7H,2H2,1H3;1-2H3;1H4. The van der Waals surface area contributed by atoms with Crippen LogP contribution in [0, 0.1) is 11.8 Å². The molecule has 2 rings (SSSR count). The highest BCUT2D eigenvalue weighted by Crippen LogP contribution is 2.28. The summed E-state index contributed by atoms with van der Waals surface area (Å²) >= 11 is 0. The number of aryl methyl sites for hydroxylation is 1. The van der Waals surface area contributed by atoms with Crippen LogP contribution in [-0.4, -0.2) is 0 Å². The van der Waals surface area contributed by atoms with Crippen LogP contribution in [0.25, 0.3) is 0 Å². The third kappa shape index (κ3) is 12.9. The van der Waals surface area contributed by atoms with Gasteiger partial charge in [-0.25, -0.2) is 0 Å². The first-order chi connectivity index (χ1) is 10.2. The molecule has 1 aromatic rings. The molecule has 0 nitrogen and oxygen atoms in total. The molecular formula is C22H42. The molecule has 1 aromatic carbocycles. The summed E-state index contributed by atoms with van der Waals surface area (Å²) in [4.78, 5) is 0. The fourth-order valence-corrected chi connectivity index (χ4v) is 2.76. The maximum Gasteiger partial charge on any atom is -0.0307 e. The summed E-state index contributed by atoms with van der Waals surface area (Å²) in [6, 6.07) is 10.5. The lowest BCUT2D eigenvalue weighted by Crippen LogP contribution is -2.06. The second-order valence-corrected chi connectivity index (χ2v) is 6.31. The fourth-order valence-electron chi connectivity index (χ4n) is 2.76. The van der Waals surface area contributed by atoms with E-state index in [0.29, 0.717) is 0 Å². The van der Waals surface area contributed by atoms with Gasteiger partial charge in [-0.2, -0.15) is 0 Å². The third-order valence-corrected chi connectivity index (χ3v) is 4.13. The van der Waals surface area contributed by atoms with Crippen LogP contribution in [0.4, 0.5) is 0 Å². The van der Waals surface area contributed by atoms with Crippen LogP contribution in [0.3, 0.4) is 0 Å². The van der Waals surface area contributed by atoms with E-state index in [1.807, 2.05) is 19.9 Å². The lowest BCUT2D eigenvalue weighted by molar-refractivity contribution is 0.317. The number of hydrogen-bond acceptors (Lipinski definition) is 0. The molecule has 0 atom stereocenters. The Labute approximate surface area is 141 Å². The van der Waals surface area contributed by atoms with E-state index in [0.717, 1.165) is 18.3 Å². The average molecular weight is 307 g/mol. The van der Waals surface area contributed by atoms with Crippen molar-refractivity contribution < 1.29 is 0 Å². The Morgan fingerprint density at radius 2 is 1.50 bits per heavy atom. The van der Waals surface area contributed by atoms with Crippen LogP contribution in [-0.2, 0) is 6.42 Å². The van der Waals surface area contributed by atoms with E-state index in [4.69, 9.17) is 0 Å². The van der Waals surface area contributed by atoms with Crippen molar-refractivity contribution in [2.24, 2.45) is 11.8 Å². The Balaban J connectivity index is 0. The van der Waals surface area contributed by atoms with Gasteiger partial charge in [-0.1, -0.05) is 117 Å². The minimum atomic E-state index is 0. The van der Waals surface area contributed by atoms with E-state index in [9.17, 15) is 0 Å². The Hall–Kier alpha value is -0.780. The highest BCUT2D eigenvalue weighted by atomic mass is 14.2. The molecule has 0 saturated heterocycles. The van der Waals surface area contributed by atoms with Crippen LogP contribution < -0.4 is 0 Å². The Morgan fingerprint density at radius 1 is 0.955 bits per heavy atom. The summed E-state index contributed by atoms with van der Waals surface area (Å²) in [5.74, 6) is 2.00. The van der Waals surface area contributed by atoms with Gasteiger partial charge in [0, 0.05) is 0 Å². The lowest BCUT2D eigenvalue weighted by atomic mass is 9.85. The predicted molar refractivity (Wildman–Crippen MR) is 105 cm³/mol. The fraction of sp³-hybridized carbons (Fsp3) is 0.727. The van der Waals surface area contributed by atoms with Crippen molar-refractivity contribution in [2.45, 2.75) is 93.4 Å². The van der Waals surface area contributed by atoms with Crippen molar-refractivity contribution in [2.75, 3.05) is 0 Å². The summed E-state index contributed by atoms with van der Waals surface area (Å²) in [6.07, 6.45) is 11.6. The molecule has 22 heavy (non-hydrogen) atoms. The van der Waals surface area contributed by atoms with Gasteiger partial charge in [0.2, 0.25) is 0 Å². The van der Waals surface area contributed by atoms with Crippen LogP contribution in [0.1, 0.15) is 92.6 Å². The lowest BCUT2D eigenvalue weighted by Gasteiger charge is -2.21. The molecule has 0 aliphatic heterocycles. The van der Waals surface area contributed by atoms with Crippen molar-refractivity contribution >= 4 is 0 Å². The van der Waals surface area contributed by atoms with Gasteiger partial charge in [0.05, 0.1) is 0 Å². The molecule has 0 heterocycles. The van der Waals surface area contributed by atoms with Gasteiger partial charge < -0.3 is 0 Å². The van der Waals surface area contributed by atoms with Gasteiger partial charge in [-0.15, -0.1) is 0 Å². The van der Waals surface area contributed by atoms with Crippen LogP contribution in [0.15, 0.2) is 30.3 Å². The molecule has 130 valence electrons. The second-order valence-electron chi connectivity index (χ2n) is 6.31. The molecule has 0 N–H and O–H groups in total. The van der Waals surface area contributed by atoms with Crippen molar-refractivity contribution in [3.63, 3.8) is 0 Å². The molecule has 0 amide bonds. The minimum Gasteiger partial charge on any atom is -0.0776 e. The second kappa shape index (κ2) is 16.6. The summed E-state index contributed by atoms with van der Waals surface area (Å²) in [5, 5.41) is 0. The third-order valence-electron chi connectivity index (χ3n) is 4.13. The smallest absolute Gasteiger partial charge is 0.0307 e. The highest BCUT2D eigenvalue weighted by molar-refractivity contribution is 5.13. The SMILES string of the molecule is C.CC.CC(C)CCC1CCCCC1.CCc1ccccc1. The van der Waals surface area contributed by atoms with E-state index in [1.54, 1.807) is 0 Å². The molecule has 0 heteroatoms. The van der Waals surface area contributed by atoms with Crippen molar-refractivity contribution in [1.82, 2.24) is 0 Å². The first kappa shape index (κ1) is 23.5. The van der Waals surface area contributed by atoms with E-state index >= 15 is 0 Å². The van der Waals surface area contributed by atoms with E-state index < -0.39 is 0 Å². The van der Waals surface area contributed by atoms with Gasteiger partial charge in [-0.05, 0) is 23.8 Å². The Kier molecular flexibility index (Phi) is 17.7. The molecular weight excluding hydrogens is 264 g/mol. The largest absolute Gasteiger partial charge is 0.0776 e. The van der Waals surface area contributed by atoms with Gasteiger partial charge >= 0.3 is 0 Å². The molecule has 0 unspecified atom stereocenters. The zero-order valence-corrected chi connectivity index (χ0v) is 15.2. The van der Waals surface area contributed by atoms with Gasteiger partial charge in [-0.3, -0.25) is 0 Å². The quantitative estimate of drug-likeness (QED) is 0.530. The monoisotopic (exact) mass is 306 g/mol. The van der Waals surface area contributed by atoms with Crippen LogP contribution in [0.2, 0.25) is 0 Å². The van der Waals surface area contributed by atoms with Crippen molar-refractivity contribution in [1.29, 1.82) is 0 Å². The molecule has 1 aliphatic carbocycles. The molecule has 1 fully saturated rings. The summed E-state index contributed by atoms with van der Waals surface area (Å²) < 4.78 is 0. The molecule has 0 bridgehead atoms. The zero-order valence-electron chi connectivity index (χ0n) is 15.2. The first-order valence-corrected chi connectivity index (χ1v) is 9.26. The number of hydrogen-bond donors (Lipinski definition) is 0. The zero-order chi connectivity index (χ0) is 15.9. The predicted octanol–water partition coefficient (Wildman–Crippen LogP) is 7.91. The number of benzene rings is 1. The van der Waals surface area contributed by atoms with Gasteiger partial charge in [0.1, 0.15) is 0 Å². The maximum absolute atomic E-state index is 2.34. The normalized spacial score (nSPS) is 14.1. The summed E-state index contributed by atoms with van der Waals surface area (Å²) in [7, 11) is 0. The molecule has 1 saturated carbocycles. The van der Waals surface area contributed by atoms with Gasteiger partial charge in [0.25, 0.3) is 0 Å². The van der Waals surface area contributed by atoms with E-state index in [1.165, 1.54) is 50.5 Å². The van der Waals surface area contributed by atoms with Gasteiger partial charge in [0.15, 0.2) is 0 Å². The van der Waals surface area contributed by atoms with Crippen molar-refractivity contribution in [3.8, 4) is 0 Å². The molecule has 1 aliphatic rings. The average Bonchev–Trinajstić information content (AvgIpc) is 2.57. The Morgan fingerprint density at radius 3 is 1.91 bits per heavy atom.